The zero-order chi connectivity index (χ0) is 20.4. The Hall–Kier alpha value is -2.78. The zero-order valence-electron chi connectivity index (χ0n) is 15.4. The van der Waals surface area contributed by atoms with Crippen molar-refractivity contribution >= 4 is 50.3 Å². The van der Waals surface area contributed by atoms with Crippen molar-refractivity contribution in [1.29, 1.82) is 0 Å². The van der Waals surface area contributed by atoms with E-state index in [1.807, 2.05) is 37.3 Å². The molecule has 0 bridgehead atoms. The van der Waals surface area contributed by atoms with Crippen LogP contribution in [0.15, 0.2) is 67.6 Å². The minimum absolute atomic E-state index is 0.117. The molecule has 4 rings (SSSR count). The third kappa shape index (κ3) is 4.46. The number of carbonyl (C=O) groups excluding carboxylic acids is 1. The molecule has 7 nitrogen and oxygen atoms in total. The normalized spacial score (nSPS) is 11.1. The van der Waals surface area contributed by atoms with Crippen molar-refractivity contribution in [3.05, 3.63) is 75.0 Å². The van der Waals surface area contributed by atoms with Crippen LogP contribution in [-0.4, -0.2) is 26.2 Å². The number of fused-ring (bicyclic) bond motifs is 1. The van der Waals surface area contributed by atoms with Gasteiger partial charge in [0.2, 0.25) is 5.91 Å². The minimum atomic E-state index is -0.200. The van der Waals surface area contributed by atoms with Crippen LogP contribution in [0.5, 0.6) is 0 Å². The van der Waals surface area contributed by atoms with Crippen LogP contribution in [0.1, 0.15) is 11.5 Å². The zero-order valence-corrected chi connectivity index (χ0v) is 17.8. The van der Waals surface area contributed by atoms with Gasteiger partial charge in [0.1, 0.15) is 11.3 Å². The Bertz CT molecular complexity index is 1230. The Morgan fingerprint density at radius 1 is 1.31 bits per heavy atom. The number of furan rings is 1. The molecule has 9 heteroatoms. The van der Waals surface area contributed by atoms with Crippen LogP contribution in [0.2, 0.25) is 0 Å². The molecule has 1 aromatic carbocycles. The number of carbonyl (C=O) groups is 1. The van der Waals surface area contributed by atoms with Gasteiger partial charge in [-0.1, -0.05) is 33.8 Å². The Morgan fingerprint density at radius 2 is 2.17 bits per heavy atom. The largest absolute Gasteiger partial charge is 0.467 e. The van der Waals surface area contributed by atoms with E-state index in [1.54, 1.807) is 18.4 Å². The molecular formula is C20H17BrN4O3S. The number of amides is 1. The highest BCUT2D eigenvalue weighted by atomic mass is 79.9. The van der Waals surface area contributed by atoms with Gasteiger partial charge >= 0.3 is 0 Å². The molecule has 2 N–H and O–H groups in total. The molecule has 29 heavy (non-hydrogen) atoms. The monoisotopic (exact) mass is 472 g/mol. The number of benzene rings is 1. The van der Waals surface area contributed by atoms with E-state index < -0.39 is 0 Å². The lowest BCUT2D eigenvalue weighted by molar-refractivity contribution is -0.113. The van der Waals surface area contributed by atoms with Crippen LogP contribution >= 0.6 is 27.7 Å². The van der Waals surface area contributed by atoms with Crippen LogP contribution in [-0.2, 0) is 11.3 Å². The topological polar surface area (TPSA) is 92.9 Å². The minimum Gasteiger partial charge on any atom is -0.467 e. The molecule has 0 aliphatic rings. The van der Waals surface area contributed by atoms with Crippen molar-refractivity contribution in [3.8, 4) is 0 Å². The number of anilines is 1. The molecule has 0 saturated carbocycles. The van der Waals surface area contributed by atoms with Crippen LogP contribution in [0.4, 0.5) is 5.69 Å². The number of aromatic amines is 1. The summed E-state index contributed by atoms with van der Waals surface area (Å²) >= 11 is 4.59. The molecule has 0 spiro atoms. The predicted molar refractivity (Wildman–Crippen MR) is 116 cm³/mol. The van der Waals surface area contributed by atoms with Gasteiger partial charge < -0.3 is 14.7 Å². The molecule has 0 radical (unpaired) electrons. The highest BCUT2D eigenvalue weighted by molar-refractivity contribution is 9.10. The fourth-order valence-electron chi connectivity index (χ4n) is 2.91. The first-order valence-electron chi connectivity index (χ1n) is 8.80. The van der Waals surface area contributed by atoms with Gasteiger partial charge in [-0.25, -0.2) is 4.98 Å². The summed E-state index contributed by atoms with van der Waals surface area (Å²) in [5.41, 5.74) is 2.37. The number of nitrogens with zero attached hydrogens (tertiary/aromatic N) is 2. The summed E-state index contributed by atoms with van der Waals surface area (Å²) in [7, 11) is 0. The summed E-state index contributed by atoms with van der Waals surface area (Å²) in [4.78, 5) is 33.0. The number of thioether (sulfide) groups is 1. The SMILES string of the molecule is Cc1cc2nc(SCC(=O)Nc3cccc(Br)c3)n(Cc3ccco3)c(=O)c2[nH]1. The Kier molecular flexibility index (Phi) is 5.59. The lowest BCUT2D eigenvalue weighted by atomic mass is 10.3. The molecule has 0 unspecified atom stereocenters. The Morgan fingerprint density at radius 3 is 2.93 bits per heavy atom. The van der Waals surface area contributed by atoms with Crippen molar-refractivity contribution < 1.29 is 9.21 Å². The first kappa shape index (κ1) is 19.5. The van der Waals surface area contributed by atoms with Crippen molar-refractivity contribution in [1.82, 2.24) is 14.5 Å². The summed E-state index contributed by atoms with van der Waals surface area (Å²) in [6, 6.07) is 12.7. The quantitative estimate of drug-likeness (QED) is 0.324. The summed E-state index contributed by atoms with van der Waals surface area (Å²) in [5.74, 6) is 0.570. The van der Waals surface area contributed by atoms with E-state index in [1.165, 1.54) is 16.3 Å². The number of halogens is 1. The van der Waals surface area contributed by atoms with Crippen molar-refractivity contribution in [3.63, 3.8) is 0 Å². The van der Waals surface area contributed by atoms with E-state index in [9.17, 15) is 9.59 Å². The molecular weight excluding hydrogens is 456 g/mol. The summed E-state index contributed by atoms with van der Waals surface area (Å²) in [6.45, 7) is 2.11. The molecule has 0 aliphatic heterocycles. The van der Waals surface area contributed by atoms with Gasteiger partial charge in [-0.3, -0.25) is 14.2 Å². The maximum atomic E-state index is 13.0. The smallest absolute Gasteiger partial charge is 0.278 e. The molecule has 0 saturated heterocycles. The van der Waals surface area contributed by atoms with Crippen LogP contribution in [0, 0.1) is 6.92 Å². The number of nitrogens with one attached hydrogen (secondary N) is 2. The van der Waals surface area contributed by atoms with Gasteiger partial charge in [-0.15, -0.1) is 0 Å². The third-order valence-corrected chi connectivity index (χ3v) is 5.64. The number of hydrogen-bond acceptors (Lipinski definition) is 5. The summed E-state index contributed by atoms with van der Waals surface area (Å²) in [5, 5.41) is 3.30. The summed E-state index contributed by atoms with van der Waals surface area (Å²) < 4.78 is 7.79. The second kappa shape index (κ2) is 8.30. The predicted octanol–water partition coefficient (Wildman–Crippen LogP) is 4.17. The van der Waals surface area contributed by atoms with Gasteiger partial charge in [-0.05, 0) is 43.3 Å². The Labute approximate surface area is 178 Å². The molecule has 0 fully saturated rings. The maximum absolute atomic E-state index is 13.0. The van der Waals surface area contributed by atoms with Crippen LogP contribution in [0.25, 0.3) is 11.0 Å². The maximum Gasteiger partial charge on any atom is 0.278 e. The molecule has 3 aromatic heterocycles. The van der Waals surface area contributed by atoms with Gasteiger partial charge in [0.15, 0.2) is 5.16 Å². The van der Waals surface area contributed by atoms with Crippen molar-refractivity contribution in [2.45, 2.75) is 18.6 Å². The molecule has 0 aliphatic carbocycles. The average Bonchev–Trinajstić information content (AvgIpc) is 3.32. The van der Waals surface area contributed by atoms with E-state index in [0.717, 1.165) is 10.2 Å². The van der Waals surface area contributed by atoms with E-state index in [2.05, 4.69) is 31.2 Å². The third-order valence-electron chi connectivity index (χ3n) is 4.17. The molecule has 3 heterocycles. The van der Waals surface area contributed by atoms with Crippen molar-refractivity contribution in [2.24, 2.45) is 0 Å². The Balaban J connectivity index is 1.59. The number of rotatable bonds is 6. The average molecular weight is 473 g/mol. The first-order chi connectivity index (χ1) is 14.0. The number of H-pyrrole nitrogens is 1. The highest BCUT2D eigenvalue weighted by Crippen LogP contribution is 2.21. The number of aromatic nitrogens is 3. The number of aryl methyl sites for hydroxylation is 1. The van der Waals surface area contributed by atoms with Gasteiger partial charge in [-0.2, -0.15) is 0 Å². The second-order valence-corrected chi connectivity index (χ2v) is 8.28. The molecule has 148 valence electrons. The summed E-state index contributed by atoms with van der Waals surface area (Å²) in [6.07, 6.45) is 1.56. The van der Waals surface area contributed by atoms with Gasteiger partial charge in [0, 0.05) is 15.9 Å². The standard InChI is InChI=1S/C20H17BrN4O3S/c1-12-8-16-18(22-12)19(27)25(10-15-6-3-7-28-15)20(24-16)29-11-17(26)23-14-5-2-4-13(21)9-14/h2-9,22H,10-11H2,1H3,(H,23,26). The highest BCUT2D eigenvalue weighted by Gasteiger charge is 2.16. The fraction of sp³-hybridized carbons (Fsp3) is 0.150. The van der Waals surface area contributed by atoms with Gasteiger partial charge in [0.25, 0.3) is 5.56 Å². The number of hydrogen-bond donors (Lipinski definition) is 2. The van der Waals surface area contributed by atoms with E-state index in [4.69, 9.17) is 4.42 Å². The van der Waals surface area contributed by atoms with Crippen LogP contribution in [0.3, 0.4) is 0 Å². The van der Waals surface area contributed by atoms with E-state index in [0.29, 0.717) is 27.6 Å². The van der Waals surface area contributed by atoms with Crippen LogP contribution < -0.4 is 10.9 Å². The molecule has 0 atom stereocenters. The molecule has 4 aromatic rings. The lowest BCUT2D eigenvalue weighted by Crippen LogP contribution is -2.24. The van der Waals surface area contributed by atoms with Gasteiger partial charge in [0.05, 0.1) is 24.1 Å². The van der Waals surface area contributed by atoms with E-state index in [-0.39, 0.29) is 23.8 Å². The second-order valence-electron chi connectivity index (χ2n) is 6.42. The fourth-order valence-corrected chi connectivity index (χ4v) is 4.11. The molecule has 1 amide bonds. The first-order valence-corrected chi connectivity index (χ1v) is 10.6. The van der Waals surface area contributed by atoms with Crippen molar-refractivity contribution in [2.75, 3.05) is 11.1 Å². The lowest BCUT2D eigenvalue weighted by Gasteiger charge is -2.11. The van der Waals surface area contributed by atoms with E-state index >= 15 is 0 Å².